The minimum Gasteiger partial charge on any atom is -0.481 e. The second-order valence-electron chi connectivity index (χ2n) is 16.5. The van der Waals surface area contributed by atoms with Crippen LogP contribution in [0.25, 0.3) is 32.9 Å². The van der Waals surface area contributed by atoms with Crippen LogP contribution in [-0.4, -0.2) is 108 Å². The number of aromatic amines is 1. The van der Waals surface area contributed by atoms with Gasteiger partial charge in [-0.2, -0.15) is 23.3 Å². The number of hydrogen-bond acceptors (Lipinski definition) is 8. The largest absolute Gasteiger partial charge is 0.481 e. The van der Waals surface area contributed by atoms with E-state index < -0.39 is 12.8 Å². The molecule has 0 radical (unpaired) electrons. The zero-order valence-electron chi connectivity index (χ0n) is 30.6. The fourth-order valence-electron chi connectivity index (χ4n) is 9.64. The molecule has 2 spiro atoms. The number of nitrogens with zero attached hydrogens (tertiary/aromatic N) is 7. The molecule has 1 N–H and O–H groups in total. The molecule has 2 aromatic heterocycles. The zero-order valence-corrected chi connectivity index (χ0v) is 30.6. The van der Waals surface area contributed by atoms with Crippen LogP contribution in [-0.2, 0) is 4.79 Å². The van der Waals surface area contributed by atoms with Gasteiger partial charge >= 0.3 is 6.18 Å². The van der Waals surface area contributed by atoms with Gasteiger partial charge in [0.15, 0.2) is 12.4 Å². The van der Waals surface area contributed by atoms with E-state index in [2.05, 4.69) is 44.6 Å². The highest BCUT2D eigenvalue weighted by Gasteiger charge is 2.47. The normalized spacial score (nSPS) is 21.6. The number of ether oxygens (including phenoxy) is 1. The Hall–Kier alpha value is -4.39. The molecular weight excluding hydrogens is 681 g/mol. The maximum absolute atomic E-state index is 14.1. The van der Waals surface area contributed by atoms with Gasteiger partial charge in [0, 0.05) is 67.6 Å². The number of piperidine rings is 2. The number of carbonyl (C=O) groups excluding carboxylic acids is 1. The van der Waals surface area contributed by atoms with Crippen molar-refractivity contribution in [2.24, 2.45) is 10.8 Å². The number of H-pyrrole nitrogens is 1. The minimum absolute atomic E-state index is 0.0341. The Morgan fingerprint density at radius 2 is 1.66 bits per heavy atom. The highest BCUT2D eigenvalue weighted by atomic mass is 19.4. The van der Waals surface area contributed by atoms with Gasteiger partial charge in [-0.25, -0.2) is 4.98 Å². The summed E-state index contributed by atoms with van der Waals surface area (Å²) in [6.07, 6.45) is 5.47. The molecule has 280 valence electrons. The average molecular weight is 729 g/mol. The summed E-state index contributed by atoms with van der Waals surface area (Å²) in [6, 6.07) is 6.09. The van der Waals surface area contributed by atoms with E-state index in [0.29, 0.717) is 17.0 Å². The molecule has 2 aromatic carbocycles. The molecule has 4 saturated heterocycles. The lowest BCUT2D eigenvalue weighted by atomic mass is 9.72. The molecule has 4 aliphatic heterocycles. The van der Waals surface area contributed by atoms with Crippen LogP contribution in [0.5, 0.6) is 5.75 Å². The second-order valence-corrected chi connectivity index (χ2v) is 16.5. The quantitative estimate of drug-likeness (QED) is 0.207. The first kappa shape index (κ1) is 34.4. The van der Waals surface area contributed by atoms with Gasteiger partial charge < -0.3 is 24.3 Å². The molecule has 0 unspecified atom stereocenters. The van der Waals surface area contributed by atoms with Gasteiger partial charge in [-0.05, 0) is 112 Å². The second kappa shape index (κ2) is 12.6. The number of likely N-dealkylation sites (tertiary alicyclic amines) is 2. The van der Waals surface area contributed by atoms with Gasteiger partial charge in [0.1, 0.15) is 11.3 Å². The fourth-order valence-corrected chi connectivity index (χ4v) is 9.64. The number of amides is 1. The van der Waals surface area contributed by atoms with Crippen molar-refractivity contribution in [1.29, 1.82) is 0 Å². The van der Waals surface area contributed by atoms with Gasteiger partial charge in [0.25, 0.3) is 0 Å². The Bertz CT molecular complexity index is 2090. The molecule has 0 bridgehead atoms. The first-order chi connectivity index (χ1) is 25.4. The van der Waals surface area contributed by atoms with Gasteiger partial charge in [-0.3, -0.25) is 9.89 Å². The van der Waals surface area contributed by atoms with E-state index in [4.69, 9.17) is 14.7 Å². The molecule has 1 aliphatic carbocycles. The van der Waals surface area contributed by atoms with Gasteiger partial charge in [-0.15, -0.1) is 0 Å². The smallest absolute Gasteiger partial charge is 0.422 e. The Kier molecular flexibility index (Phi) is 8.17. The summed E-state index contributed by atoms with van der Waals surface area (Å²) in [5.41, 5.74) is 4.98. The van der Waals surface area contributed by atoms with E-state index in [1.165, 1.54) is 12.5 Å². The number of carbonyl (C=O) groups is 1. The molecule has 5 aliphatic rings. The molecule has 4 aromatic rings. The molecule has 0 atom stereocenters. The lowest BCUT2D eigenvalue weighted by molar-refractivity contribution is -0.153. The third kappa shape index (κ3) is 6.18. The van der Waals surface area contributed by atoms with Crippen LogP contribution in [0, 0.1) is 17.8 Å². The number of aryl methyl sites for hydroxylation is 1. The van der Waals surface area contributed by atoms with Gasteiger partial charge in [0.2, 0.25) is 11.9 Å². The van der Waals surface area contributed by atoms with Crippen LogP contribution in [0.2, 0.25) is 0 Å². The maximum atomic E-state index is 14.1. The molecule has 53 heavy (non-hydrogen) atoms. The summed E-state index contributed by atoms with van der Waals surface area (Å²) in [4.78, 5) is 31.6. The van der Waals surface area contributed by atoms with Crippen LogP contribution in [0.15, 0.2) is 37.1 Å². The number of aromatic nitrogens is 4. The lowest BCUT2D eigenvalue weighted by Crippen LogP contribution is -2.61. The van der Waals surface area contributed by atoms with Crippen molar-refractivity contribution >= 4 is 39.5 Å². The van der Waals surface area contributed by atoms with Crippen molar-refractivity contribution in [2.75, 3.05) is 75.8 Å². The first-order valence-electron chi connectivity index (χ1n) is 19.0. The molecular formula is C40H47F3N8O2. The number of anilines is 2. The highest BCUT2D eigenvalue weighted by molar-refractivity contribution is 6.06. The van der Waals surface area contributed by atoms with Crippen molar-refractivity contribution in [3.63, 3.8) is 0 Å². The number of fused-ring (bicyclic) bond motifs is 2. The lowest BCUT2D eigenvalue weighted by Gasteiger charge is -2.54. The summed E-state index contributed by atoms with van der Waals surface area (Å²) in [7, 11) is 2.18. The van der Waals surface area contributed by atoms with E-state index in [9.17, 15) is 18.0 Å². The van der Waals surface area contributed by atoms with Crippen molar-refractivity contribution in [1.82, 2.24) is 30.0 Å². The predicted octanol–water partition coefficient (Wildman–Crippen LogP) is 6.84. The van der Waals surface area contributed by atoms with Crippen LogP contribution in [0.1, 0.15) is 62.0 Å². The molecule has 1 saturated carbocycles. The maximum Gasteiger partial charge on any atom is 0.422 e. The Balaban J connectivity index is 1.20. The standard InChI is InChI=1S/C40H47F3N8O2/c1-4-31(52)51-22-39(23-51)12-15-49(16-13-39)36-28-19-27(26-6-7-26)33(32-25(2)5-8-30-29(32)20-44-47-30)35(53-24-40(41,42)43)34(28)45-37(46-36)50-17-10-38(11-18-50)9-14-48(3)21-38/h4-5,8,19-20,26H,1,6-7,9-18,21-24H2,2-3H3,(H,44,47). The molecule has 13 heteroatoms. The zero-order chi connectivity index (χ0) is 36.7. The van der Waals surface area contributed by atoms with E-state index >= 15 is 0 Å². The van der Waals surface area contributed by atoms with Crippen molar-refractivity contribution in [2.45, 2.75) is 64.0 Å². The molecule has 9 rings (SSSR count). The molecule has 6 heterocycles. The summed E-state index contributed by atoms with van der Waals surface area (Å²) >= 11 is 0. The van der Waals surface area contributed by atoms with Crippen LogP contribution < -0.4 is 14.5 Å². The van der Waals surface area contributed by atoms with Gasteiger partial charge in [0.05, 0.1) is 11.7 Å². The number of nitrogens with one attached hydrogen (secondary N) is 1. The number of halogens is 3. The Morgan fingerprint density at radius 3 is 2.32 bits per heavy atom. The SMILES string of the molecule is C=CC(=O)N1CC2(CCN(c3nc(N4CCC5(CCN(C)C5)CC4)nc4c(OCC(F)(F)F)c(-c5c(C)ccc6[nH]ncc56)c(C5CC5)cc34)CC2)C1. The number of hydrogen-bond donors (Lipinski definition) is 1. The summed E-state index contributed by atoms with van der Waals surface area (Å²) < 4.78 is 48.4. The van der Waals surface area contributed by atoms with Crippen LogP contribution >= 0.6 is 0 Å². The minimum atomic E-state index is -4.55. The Morgan fingerprint density at radius 1 is 0.962 bits per heavy atom. The van der Waals surface area contributed by atoms with Gasteiger partial charge in [-0.1, -0.05) is 12.6 Å². The average Bonchev–Trinajstić information content (AvgIpc) is 3.76. The van der Waals surface area contributed by atoms with Crippen LogP contribution in [0.3, 0.4) is 0 Å². The van der Waals surface area contributed by atoms with E-state index in [1.807, 2.05) is 24.0 Å². The number of alkyl halides is 3. The van der Waals surface area contributed by atoms with E-state index in [-0.39, 0.29) is 28.4 Å². The van der Waals surface area contributed by atoms with Crippen molar-refractivity contribution in [3.05, 3.63) is 48.2 Å². The molecule has 10 nitrogen and oxygen atoms in total. The number of rotatable bonds is 7. The van der Waals surface area contributed by atoms with Crippen molar-refractivity contribution in [3.8, 4) is 16.9 Å². The third-order valence-electron chi connectivity index (χ3n) is 12.8. The Labute approximate surface area is 307 Å². The fraction of sp³-hybridized carbons (Fsp3) is 0.550. The highest BCUT2D eigenvalue weighted by Crippen LogP contribution is 2.53. The monoisotopic (exact) mass is 728 g/mol. The third-order valence-corrected chi connectivity index (χ3v) is 12.8. The molecule has 1 amide bonds. The summed E-state index contributed by atoms with van der Waals surface area (Å²) in [5.74, 6) is 1.62. The predicted molar refractivity (Wildman–Crippen MR) is 200 cm³/mol. The molecule has 5 fully saturated rings. The topological polar surface area (TPSA) is 93.7 Å². The van der Waals surface area contributed by atoms with E-state index in [1.54, 1.807) is 6.20 Å². The summed E-state index contributed by atoms with van der Waals surface area (Å²) in [6.45, 7) is 10.9. The van der Waals surface area contributed by atoms with Crippen molar-refractivity contribution < 1.29 is 22.7 Å². The number of benzene rings is 2. The van der Waals surface area contributed by atoms with Crippen LogP contribution in [0.4, 0.5) is 24.9 Å². The van der Waals surface area contributed by atoms with E-state index in [0.717, 1.165) is 130 Å². The summed E-state index contributed by atoms with van der Waals surface area (Å²) in [5, 5.41) is 8.93. The first-order valence-corrected chi connectivity index (χ1v) is 19.0.